The SMILES string of the molecule is CC/C=C(/C)C(=O)NCC1CCC(c2ccccc2)CC1. The molecule has 1 saturated carbocycles. The van der Waals surface area contributed by atoms with Gasteiger partial charge in [-0.05, 0) is 56.4 Å². The average molecular weight is 285 g/mol. The van der Waals surface area contributed by atoms with Gasteiger partial charge in [0.2, 0.25) is 5.91 Å². The predicted molar refractivity (Wildman–Crippen MR) is 88.2 cm³/mol. The fourth-order valence-corrected chi connectivity index (χ4v) is 3.20. The van der Waals surface area contributed by atoms with Crippen LogP contribution in [0.4, 0.5) is 0 Å². The second-order valence-corrected chi connectivity index (χ2v) is 6.13. The summed E-state index contributed by atoms with van der Waals surface area (Å²) in [5, 5.41) is 3.08. The summed E-state index contributed by atoms with van der Waals surface area (Å²) < 4.78 is 0. The largest absolute Gasteiger partial charge is 0.352 e. The number of hydrogen-bond donors (Lipinski definition) is 1. The van der Waals surface area contributed by atoms with Gasteiger partial charge in [0.15, 0.2) is 0 Å². The molecule has 1 aliphatic carbocycles. The fraction of sp³-hybridized carbons (Fsp3) is 0.526. The minimum Gasteiger partial charge on any atom is -0.352 e. The number of allylic oxidation sites excluding steroid dienone is 1. The number of nitrogens with one attached hydrogen (secondary N) is 1. The molecule has 2 heteroatoms. The maximum atomic E-state index is 11.9. The van der Waals surface area contributed by atoms with Crippen molar-refractivity contribution in [3.63, 3.8) is 0 Å². The summed E-state index contributed by atoms with van der Waals surface area (Å²) in [6.45, 7) is 4.78. The Hall–Kier alpha value is -1.57. The standard InChI is InChI=1S/C19H27NO/c1-3-7-15(2)19(21)20-14-16-10-12-18(13-11-16)17-8-5-4-6-9-17/h4-9,16,18H,3,10-14H2,1-2H3,(H,20,21)/b15-7-. The molecule has 2 nitrogen and oxygen atoms in total. The first-order valence-electron chi connectivity index (χ1n) is 8.20. The van der Waals surface area contributed by atoms with E-state index in [0.29, 0.717) is 11.8 Å². The van der Waals surface area contributed by atoms with Crippen LogP contribution in [0.15, 0.2) is 42.0 Å². The number of carbonyl (C=O) groups excluding carboxylic acids is 1. The van der Waals surface area contributed by atoms with Crippen LogP contribution in [-0.2, 0) is 4.79 Å². The first-order valence-corrected chi connectivity index (χ1v) is 8.20. The first kappa shape index (κ1) is 15.8. The van der Waals surface area contributed by atoms with Gasteiger partial charge in [0, 0.05) is 12.1 Å². The van der Waals surface area contributed by atoms with Gasteiger partial charge in [0.25, 0.3) is 0 Å². The van der Waals surface area contributed by atoms with Crippen LogP contribution in [0.25, 0.3) is 0 Å². The molecule has 1 aromatic carbocycles. The van der Waals surface area contributed by atoms with Gasteiger partial charge in [0.05, 0.1) is 0 Å². The lowest BCUT2D eigenvalue weighted by molar-refractivity contribution is -0.117. The van der Waals surface area contributed by atoms with E-state index in [9.17, 15) is 4.79 Å². The van der Waals surface area contributed by atoms with E-state index in [2.05, 4.69) is 42.6 Å². The normalized spacial score (nSPS) is 22.9. The van der Waals surface area contributed by atoms with Crippen LogP contribution in [0.1, 0.15) is 57.4 Å². The lowest BCUT2D eigenvalue weighted by Crippen LogP contribution is -2.31. The molecule has 21 heavy (non-hydrogen) atoms. The molecular formula is C19H27NO. The summed E-state index contributed by atoms with van der Waals surface area (Å²) in [4.78, 5) is 11.9. The lowest BCUT2D eigenvalue weighted by Gasteiger charge is -2.29. The third-order valence-corrected chi connectivity index (χ3v) is 4.54. The smallest absolute Gasteiger partial charge is 0.246 e. The Balaban J connectivity index is 1.75. The Bertz CT molecular complexity index is 470. The Morgan fingerprint density at radius 2 is 1.86 bits per heavy atom. The third kappa shape index (κ3) is 4.73. The number of benzene rings is 1. The Morgan fingerprint density at radius 1 is 1.19 bits per heavy atom. The van der Waals surface area contributed by atoms with Crippen molar-refractivity contribution in [2.75, 3.05) is 6.54 Å². The molecule has 1 aromatic rings. The summed E-state index contributed by atoms with van der Waals surface area (Å²) in [5.41, 5.74) is 2.32. The van der Waals surface area contributed by atoms with E-state index in [1.807, 2.05) is 13.0 Å². The molecule has 1 N–H and O–H groups in total. The zero-order valence-electron chi connectivity index (χ0n) is 13.3. The van der Waals surface area contributed by atoms with Crippen molar-refractivity contribution < 1.29 is 4.79 Å². The molecule has 0 aromatic heterocycles. The molecule has 1 fully saturated rings. The van der Waals surface area contributed by atoms with Crippen molar-refractivity contribution in [2.24, 2.45) is 5.92 Å². The van der Waals surface area contributed by atoms with Gasteiger partial charge in [0.1, 0.15) is 0 Å². The number of rotatable bonds is 5. The molecule has 0 unspecified atom stereocenters. The van der Waals surface area contributed by atoms with Crippen molar-refractivity contribution in [1.82, 2.24) is 5.32 Å². The maximum absolute atomic E-state index is 11.9. The number of amides is 1. The van der Waals surface area contributed by atoms with E-state index in [4.69, 9.17) is 0 Å². The second kappa shape index (κ2) is 8.02. The molecule has 0 saturated heterocycles. The fourth-order valence-electron chi connectivity index (χ4n) is 3.20. The third-order valence-electron chi connectivity index (χ3n) is 4.54. The Kier molecular flexibility index (Phi) is 6.04. The van der Waals surface area contributed by atoms with Crippen molar-refractivity contribution in [3.05, 3.63) is 47.5 Å². The average Bonchev–Trinajstić information content (AvgIpc) is 2.54. The predicted octanol–water partition coefficient (Wildman–Crippen LogP) is 4.43. The van der Waals surface area contributed by atoms with Gasteiger partial charge in [-0.25, -0.2) is 0 Å². The highest BCUT2D eigenvalue weighted by molar-refractivity contribution is 5.92. The zero-order valence-corrected chi connectivity index (χ0v) is 13.3. The van der Waals surface area contributed by atoms with Crippen molar-refractivity contribution in [1.29, 1.82) is 0 Å². The van der Waals surface area contributed by atoms with Gasteiger partial charge in [-0.3, -0.25) is 4.79 Å². The van der Waals surface area contributed by atoms with Crippen LogP contribution in [0.3, 0.4) is 0 Å². The van der Waals surface area contributed by atoms with Crippen LogP contribution < -0.4 is 5.32 Å². The van der Waals surface area contributed by atoms with Crippen molar-refractivity contribution >= 4 is 5.91 Å². The summed E-state index contributed by atoms with van der Waals surface area (Å²) in [6.07, 6.45) is 7.83. The molecule has 1 amide bonds. The lowest BCUT2D eigenvalue weighted by atomic mass is 9.78. The van der Waals surface area contributed by atoms with Crippen LogP contribution in [-0.4, -0.2) is 12.5 Å². The minimum absolute atomic E-state index is 0.0991. The topological polar surface area (TPSA) is 29.1 Å². The highest BCUT2D eigenvalue weighted by atomic mass is 16.1. The molecule has 0 bridgehead atoms. The molecule has 0 atom stereocenters. The molecule has 1 aliphatic rings. The van der Waals surface area contributed by atoms with E-state index in [-0.39, 0.29) is 5.91 Å². The number of hydrogen-bond acceptors (Lipinski definition) is 1. The molecule has 0 aliphatic heterocycles. The van der Waals surface area contributed by atoms with Crippen LogP contribution in [0, 0.1) is 5.92 Å². The summed E-state index contributed by atoms with van der Waals surface area (Å²) >= 11 is 0. The Morgan fingerprint density at radius 3 is 2.48 bits per heavy atom. The van der Waals surface area contributed by atoms with Crippen molar-refractivity contribution in [2.45, 2.75) is 51.9 Å². The Labute approximate surface area is 128 Å². The highest BCUT2D eigenvalue weighted by Gasteiger charge is 2.22. The molecule has 0 heterocycles. The van der Waals surface area contributed by atoms with E-state index in [1.165, 1.54) is 31.2 Å². The van der Waals surface area contributed by atoms with Crippen LogP contribution in [0.5, 0.6) is 0 Å². The molecular weight excluding hydrogens is 258 g/mol. The molecule has 0 spiro atoms. The van der Waals surface area contributed by atoms with Crippen LogP contribution >= 0.6 is 0 Å². The first-order chi connectivity index (χ1) is 10.2. The van der Waals surface area contributed by atoms with Gasteiger partial charge in [-0.15, -0.1) is 0 Å². The van der Waals surface area contributed by atoms with Gasteiger partial charge >= 0.3 is 0 Å². The second-order valence-electron chi connectivity index (χ2n) is 6.13. The van der Waals surface area contributed by atoms with Crippen molar-refractivity contribution in [3.8, 4) is 0 Å². The molecule has 0 radical (unpaired) electrons. The summed E-state index contributed by atoms with van der Waals surface area (Å²) in [6, 6.07) is 10.8. The quantitative estimate of drug-likeness (QED) is 0.797. The summed E-state index contributed by atoms with van der Waals surface area (Å²) in [5.74, 6) is 1.45. The van der Waals surface area contributed by atoms with Gasteiger partial charge < -0.3 is 5.32 Å². The van der Waals surface area contributed by atoms with Crippen LogP contribution in [0.2, 0.25) is 0 Å². The van der Waals surface area contributed by atoms with E-state index in [1.54, 1.807) is 0 Å². The molecule has 114 valence electrons. The highest BCUT2D eigenvalue weighted by Crippen LogP contribution is 2.35. The van der Waals surface area contributed by atoms with Gasteiger partial charge in [-0.1, -0.05) is 43.3 Å². The zero-order chi connectivity index (χ0) is 15.1. The minimum atomic E-state index is 0.0991. The maximum Gasteiger partial charge on any atom is 0.246 e. The van der Waals surface area contributed by atoms with E-state index in [0.717, 1.165) is 18.5 Å². The summed E-state index contributed by atoms with van der Waals surface area (Å²) in [7, 11) is 0. The van der Waals surface area contributed by atoms with Gasteiger partial charge in [-0.2, -0.15) is 0 Å². The monoisotopic (exact) mass is 285 g/mol. The molecule has 2 rings (SSSR count). The van der Waals surface area contributed by atoms with E-state index < -0.39 is 0 Å². The van der Waals surface area contributed by atoms with E-state index >= 15 is 0 Å². The number of carbonyl (C=O) groups is 1.